The Kier molecular flexibility index (Phi) is 7.49. The van der Waals surface area contributed by atoms with Gasteiger partial charge in [-0.3, -0.25) is 25.0 Å². The summed E-state index contributed by atoms with van der Waals surface area (Å²) in [4.78, 5) is 49.2. The van der Waals surface area contributed by atoms with Gasteiger partial charge in [0.25, 0.3) is 17.5 Å². The Morgan fingerprint density at radius 1 is 1.00 bits per heavy atom. The molecule has 1 aliphatic rings. The predicted molar refractivity (Wildman–Crippen MR) is 135 cm³/mol. The van der Waals surface area contributed by atoms with Gasteiger partial charge in [0, 0.05) is 12.1 Å². The number of urea groups is 1. The zero-order chi connectivity index (χ0) is 26.5. The number of amides is 4. The summed E-state index contributed by atoms with van der Waals surface area (Å²) in [6.07, 6.45) is 1.34. The quantitative estimate of drug-likeness (QED) is 0.193. The molecule has 188 valence electrons. The summed E-state index contributed by atoms with van der Waals surface area (Å²) in [5.74, 6) is -0.899. The summed E-state index contributed by atoms with van der Waals surface area (Å²) < 4.78 is 11.5. The standard InChI is InChI=1S/C26H20ClN3O7/c1-2-36-23-14-17(9-12-22(23)37-15-16-7-10-18(11-8-16)30(34)35)13-19-24(31)28-26(33)29(25(19)32)21-6-4-3-5-20(21)27/h3-14H,2,15H2,1H3,(H,28,31,33)/b19-13+. The lowest BCUT2D eigenvalue weighted by atomic mass is 10.1. The van der Waals surface area contributed by atoms with Crippen molar-refractivity contribution in [3.63, 3.8) is 0 Å². The van der Waals surface area contributed by atoms with Crippen LogP contribution < -0.4 is 19.7 Å². The SMILES string of the molecule is CCOc1cc(/C=C2\C(=O)NC(=O)N(c3ccccc3Cl)C2=O)ccc1OCc1ccc([N+](=O)[O-])cc1. The first-order chi connectivity index (χ1) is 17.8. The van der Waals surface area contributed by atoms with E-state index in [1.54, 1.807) is 49.4 Å². The van der Waals surface area contributed by atoms with Crippen LogP contribution in [0.25, 0.3) is 6.08 Å². The molecule has 1 fully saturated rings. The minimum atomic E-state index is -0.898. The third-order valence-corrected chi connectivity index (χ3v) is 5.63. The molecule has 3 aromatic carbocycles. The maximum Gasteiger partial charge on any atom is 0.335 e. The minimum Gasteiger partial charge on any atom is -0.490 e. The van der Waals surface area contributed by atoms with Crippen LogP contribution >= 0.6 is 11.6 Å². The molecule has 37 heavy (non-hydrogen) atoms. The number of nitro benzene ring substituents is 1. The number of carbonyl (C=O) groups is 3. The molecular weight excluding hydrogens is 502 g/mol. The first kappa shape index (κ1) is 25.4. The smallest absolute Gasteiger partial charge is 0.335 e. The van der Waals surface area contributed by atoms with Crippen LogP contribution in [0.1, 0.15) is 18.1 Å². The summed E-state index contributed by atoms with van der Waals surface area (Å²) >= 11 is 6.16. The lowest BCUT2D eigenvalue weighted by Gasteiger charge is -2.27. The van der Waals surface area contributed by atoms with Crippen molar-refractivity contribution in [2.24, 2.45) is 0 Å². The average molecular weight is 522 g/mol. The van der Waals surface area contributed by atoms with E-state index in [9.17, 15) is 24.5 Å². The maximum atomic E-state index is 13.1. The summed E-state index contributed by atoms with van der Waals surface area (Å²) in [7, 11) is 0. The van der Waals surface area contributed by atoms with Crippen LogP contribution in [0.4, 0.5) is 16.2 Å². The van der Waals surface area contributed by atoms with Gasteiger partial charge in [0.1, 0.15) is 12.2 Å². The molecule has 0 saturated carbocycles. The van der Waals surface area contributed by atoms with Gasteiger partial charge in [0.05, 0.1) is 22.2 Å². The van der Waals surface area contributed by atoms with Gasteiger partial charge in [-0.05, 0) is 60.5 Å². The fraction of sp³-hybridized carbons (Fsp3) is 0.115. The van der Waals surface area contributed by atoms with E-state index in [4.69, 9.17) is 21.1 Å². The van der Waals surface area contributed by atoms with Gasteiger partial charge in [0.2, 0.25) is 0 Å². The highest BCUT2D eigenvalue weighted by atomic mass is 35.5. The molecule has 4 rings (SSSR count). The van der Waals surface area contributed by atoms with Gasteiger partial charge in [-0.15, -0.1) is 0 Å². The van der Waals surface area contributed by atoms with E-state index >= 15 is 0 Å². The zero-order valence-electron chi connectivity index (χ0n) is 19.5. The maximum absolute atomic E-state index is 13.1. The van der Waals surface area contributed by atoms with Crippen molar-refractivity contribution in [2.75, 3.05) is 11.5 Å². The van der Waals surface area contributed by atoms with Crippen molar-refractivity contribution in [3.05, 3.63) is 98.6 Å². The molecule has 0 aliphatic carbocycles. The number of halogens is 1. The Labute approximate surface area is 216 Å². The second kappa shape index (κ2) is 10.9. The van der Waals surface area contributed by atoms with Crippen LogP contribution in [0.3, 0.4) is 0 Å². The second-order valence-electron chi connectivity index (χ2n) is 7.76. The van der Waals surface area contributed by atoms with Crippen molar-refractivity contribution in [2.45, 2.75) is 13.5 Å². The molecule has 0 unspecified atom stereocenters. The van der Waals surface area contributed by atoms with Crippen LogP contribution in [-0.2, 0) is 16.2 Å². The Hall–Kier alpha value is -4.70. The topological polar surface area (TPSA) is 128 Å². The predicted octanol–water partition coefficient (Wildman–Crippen LogP) is 4.89. The Morgan fingerprint density at radius 3 is 2.41 bits per heavy atom. The summed E-state index contributed by atoms with van der Waals surface area (Å²) in [6, 6.07) is 16.2. The van der Waals surface area contributed by atoms with Crippen LogP contribution in [0.15, 0.2) is 72.3 Å². The number of imide groups is 2. The molecule has 4 amide bonds. The van der Waals surface area contributed by atoms with E-state index in [0.29, 0.717) is 29.2 Å². The van der Waals surface area contributed by atoms with Crippen molar-refractivity contribution in [1.82, 2.24) is 5.32 Å². The number of nitrogens with zero attached hydrogens (tertiary/aromatic N) is 2. The van der Waals surface area contributed by atoms with Crippen molar-refractivity contribution in [3.8, 4) is 11.5 Å². The number of nitro groups is 1. The van der Waals surface area contributed by atoms with E-state index < -0.39 is 22.8 Å². The number of hydrogen-bond donors (Lipinski definition) is 1. The molecule has 0 aromatic heterocycles. The number of anilines is 1. The normalized spacial score (nSPS) is 14.5. The van der Waals surface area contributed by atoms with Gasteiger partial charge in [-0.1, -0.05) is 29.8 Å². The van der Waals surface area contributed by atoms with E-state index in [1.165, 1.54) is 30.3 Å². The number of carbonyl (C=O) groups excluding carboxylic acids is 3. The summed E-state index contributed by atoms with van der Waals surface area (Å²) in [5, 5.41) is 13.2. The van der Waals surface area contributed by atoms with E-state index in [-0.39, 0.29) is 28.6 Å². The molecule has 0 radical (unpaired) electrons. The van der Waals surface area contributed by atoms with Crippen LogP contribution in [0.5, 0.6) is 11.5 Å². The van der Waals surface area contributed by atoms with Gasteiger partial charge in [0.15, 0.2) is 11.5 Å². The largest absolute Gasteiger partial charge is 0.490 e. The number of non-ortho nitro benzene ring substituents is 1. The summed E-state index contributed by atoms with van der Waals surface area (Å²) in [6.45, 7) is 2.24. The number of barbiturate groups is 1. The lowest BCUT2D eigenvalue weighted by Crippen LogP contribution is -2.54. The Bertz CT molecular complexity index is 1420. The lowest BCUT2D eigenvalue weighted by molar-refractivity contribution is -0.384. The van der Waals surface area contributed by atoms with Crippen molar-refractivity contribution < 1.29 is 28.8 Å². The number of hydrogen-bond acceptors (Lipinski definition) is 7. The molecule has 3 aromatic rings. The number of ether oxygens (including phenoxy) is 2. The zero-order valence-corrected chi connectivity index (χ0v) is 20.2. The second-order valence-corrected chi connectivity index (χ2v) is 8.17. The fourth-order valence-electron chi connectivity index (χ4n) is 3.55. The highest BCUT2D eigenvalue weighted by Crippen LogP contribution is 2.32. The molecule has 0 bridgehead atoms. The Morgan fingerprint density at radius 2 is 1.73 bits per heavy atom. The molecule has 1 heterocycles. The average Bonchev–Trinajstić information content (AvgIpc) is 2.87. The molecule has 1 saturated heterocycles. The first-order valence-corrected chi connectivity index (χ1v) is 11.4. The van der Waals surface area contributed by atoms with Crippen LogP contribution in [0.2, 0.25) is 5.02 Å². The van der Waals surface area contributed by atoms with E-state index in [1.807, 2.05) is 0 Å². The fourth-order valence-corrected chi connectivity index (χ4v) is 3.77. The minimum absolute atomic E-state index is 0.0211. The van der Waals surface area contributed by atoms with Crippen LogP contribution in [0, 0.1) is 10.1 Å². The highest BCUT2D eigenvalue weighted by Gasteiger charge is 2.37. The molecule has 0 atom stereocenters. The van der Waals surface area contributed by atoms with E-state index in [0.717, 1.165) is 4.90 Å². The molecule has 10 nitrogen and oxygen atoms in total. The monoisotopic (exact) mass is 521 g/mol. The molecular formula is C26H20ClN3O7. The van der Waals surface area contributed by atoms with Gasteiger partial charge < -0.3 is 9.47 Å². The summed E-state index contributed by atoms with van der Waals surface area (Å²) in [5.41, 5.74) is 1.04. The molecule has 1 N–H and O–H groups in total. The number of benzene rings is 3. The third kappa shape index (κ3) is 5.60. The number of nitrogens with one attached hydrogen (secondary N) is 1. The highest BCUT2D eigenvalue weighted by molar-refractivity contribution is 6.42. The van der Waals surface area contributed by atoms with Gasteiger partial charge >= 0.3 is 6.03 Å². The van der Waals surface area contributed by atoms with Crippen molar-refractivity contribution in [1.29, 1.82) is 0 Å². The Balaban J connectivity index is 1.59. The molecule has 1 aliphatic heterocycles. The third-order valence-electron chi connectivity index (χ3n) is 5.32. The van der Waals surface area contributed by atoms with Crippen LogP contribution in [-0.4, -0.2) is 29.4 Å². The van der Waals surface area contributed by atoms with Gasteiger partial charge in [-0.2, -0.15) is 0 Å². The molecule has 0 spiro atoms. The van der Waals surface area contributed by atoms with Gasteiger partial charge in [-0.25, -0.2) is 9.69 Å². The number of para-hydroxylation sites is 1. The van der Waals surface area contributed by atoms with Crippen molar-refractivity contribution >= 4 is 46.9 Å². The molecule has 11 heteroatoms. The first-order valence-electron chi connectivity index (χ1n) is 11.1. The van der Waals surface area contributed by atoms with E-state index in [2.05, 4.69) is 5.32 Å². The number of rotatable bonds is 8.